The van der Waals surface area contributed by atoms with Gasteiger partial charge in [-0.2, -0.15) is 0 Å². The number of Topliss-reactive ketones (excluding diaryl/α,β-unsaturated/α-hetero) is 1. The largest absolute Gasteiger partial charge is 0.412 e. The Hall–Kier alpha value is -0.936. The molecule has 0 saturated heterocycles. The molecule has 0 aliphatic heterocycles. The first kappa shape index (κ1) is 32.1. The molecular weight excluding hydrogens is 464 g/mol. The highest BCUT2D eigenvalue weighted by Gasteiger charge is 2.45. The van der Waals surface area contributed by atoms with Crippen molar-refractivity contribution in [2.45, 2.75) is 136 Å². The van der Waals surface area contributed by atoms with E-state index in [-0.39, 0.29) is 34.0 Å². The van der Waals surface area contributed by atoms with Gasteiger partial charge in [0.1, 0.15) is 6.10 Å². The zero-order valence-electron chi connectivity index (χ0n) is 25.1. The van der Waals surface area contributed by atoms with Crippen molar-refractivity contribution in [2.24, 2.45) is 11.8 Å². The molecule has 1 rings (SSSR count). The van der Waals surface area contributed by atoms with Gasteiger partial charge < -0.3 is 8.85 Å². The number of ketones is 1. The molecule has 0 amide bonds. The van der Waals surface area contributed by atoms with Gasteiger partial charge in [0.25, 0.3) is 0 Å². The molecule has 0 spiro atoms. The Balaban J connectivity index is 3.21. The smallest absolute Gasteiger partial charge is 0.193 e. The van der Waals surface area contributed by atoms with Gasteiger partial charge in [0.2, 0.25) is 0 Å². The minimum Gasteiger partial charge on any atom is -0.412 e. The molecule has 0 radical (unpaired) electrons. The van der Waals surface area contributed by atoms with Crippen LogP contribution >= 0.6 is 0 Å². The minimum atomic E-state index is -2.03. The fourth-order valence-corrected chi connectivity index (χ4v) is 6.22. The zero-order valence-corrected chi connectivity index (χ0v) is 27.1. The summed E-state index contributed by atoms with van der Waals surface area (Å²) in [4.78, 5) is 12.6. The van der Waals surface area contributed by atoms with Crippen LogP contribution in [0.1, 0.15) is 88.0 Å². The van der Waals surface area contributed by atoms with Crippen LogP contribution in [0.15, 0.2) is 23.8 Å². The third-order valence-electron chi connectivity index (χ3n) is 8.22. The van der Waals surface area contributed by atoms with E-state index in [0.717, 1.165) is 19.3 Å². The van der Waals surface area contributed by atoms with E-state index in [0.29, 0.717) is 17.9 Å². The molecule has 0 aromatic heterocycles. The number of hydrogen-bond acceptors (Lipinski definition) is 3. The number of carbonyl (C=O) groups is 1. The van der Waals surface area contributed by atoms with E-state index in [2.05, 4.69) is 113 Å². The standard InChI is InChI=1S/C30H54O3Si2/c1-22(2)16-15-17-23(3)20-25(32-34(11,12)29(5,6)7)18-19-26-24(4)27(31)21-28(26)33-35(13,14)30(8,9)10/h16,23,25-26,28H,4,15,17,20-21H2,1-3,5-14H3/t23?,25-,26-,28-/m1/s1. The lowest BCUT2D eigenvalue weighted by molar-refractivity contribution is -0.115. The van der Waals surface area contributed by atoms with Gasteiger partial charge in [-0.05, 0) is 75.3 Å². The van der Waals surface area contributed by atoms with Crippen molar-refractivity contribution in [3.8, 4) is 11.8 Å². The molecule has 3 nitrogen and oxygen atoms in total. The summed E-state index contributed by atoms with van der Waals surface area (Å²) in [5, 5.41) is 0.186. The van der Waals surface area contributed by atoms with Crippen LogP contribution < -0.4 is 0 Å². The van der Waals surface area contributed by atoms with Crippen LogP contribution in [0.5, 0.6) is 0 Å². The number of rotatable bonds is 9. The maximum Gasteiger partial charge on any atom is 0.193 e. The van der Waals surface area contributed by atoms with Gasteiger partial charge in [0, 0.05) is 12.0 Å². The van der Waals surface area contributed by atoms with E-state index in [1.165, 1.54) is 5.57 Å². The first-order chi connectivity index (χ1) is 15.7. The third-order valence-corrected chi connectivity index (χ3v) is 17.2. The molecule has 1 unspecified atom stereocenters. The first-order valence-corrected chi connectivity index (χ1v) is 19.2. The Morgan fingerprint density at radius 3 is 2.11 bits per heavy atom. The summed E-state index contributed by atoms with van der Waals surface area (Å²) in [6.07, 6.45) is 5.45. The monoisotopic (exact) mass is 518 g/mol. The van der Waals surface area contributed by atoms with Crippen LogP contribution in [0.4, 0.5) is 0 Å². The van der Waals surface area contributed by atoms with Crippen molar-refractivity contribution >= 4 is 22.4 Å². The van der Waals surface area contributed by atoms with Crippen molar-refractivity contribution in [2.75, 3.05) is 0 Å². The lowest BCUT2D eigenvalue weighted by atomic mass is 9.97. The molecular formula is C30H54O3Si2. The number of carbonyl (C=O) groups excluding carboxylic acids is 1. The van der Waals surface area contributed by atoms with Crippen LogP contribution in [0.3, 0.4) is 0 Å². The molecule has 0 aromatic rings. The predicted molar refractivity (Wildman–Crippen MR) is 157 cm³/mol. The quantitative estimate of drug-likeness (QED) is 0.132. The van der Waals surface area contributed by atoms with Crippen molar-refractivity contribution < 1.29 is 13.6 Å². The van der Waals surface area contributed by atoms with Gasteiger partial charge >= 0.3 is 0 Å². The Morgan fingerprint density at radius 2 is 1.63 bits per heavy atom. The maximum atomic E-state index is 12.6. The second kappa shape index (κ2) is 12.1. The number of allylic oxidation sites excluding steroid dienone is 2. The SMILES string of the molecule is C=C1C(=O)C[C@@H](O[Si](C)(C)C(C)(C)C)[C@@H]1C#C[C@H](CC(C)CCC=C(C)C)O[Si](C)(C)C(C)(C)C. The van der Waals surface area contributed by atoms with E-state index in [9.17, 15) is 4.79 Å². The van der Waals surface area contributed by atoms with Crippen molar-refractivity contribution in [3.05, 3.63) is 23.8 Å². The molecule has 5 heteroatoms. The molecule has 200 valence electrons. The fourth-order valence-electron chi connectivity index (χ4n) is 3.67. The van der Waals surface area contributed by atoms with Gasteiger partial charge in [-0.3, -0.25) is 4.79 Å². The van der Waals surface area contributed by atoms with E-state index >= 15 is 0 Å². The molecule has 1 saturated carbocycles. The summed E-state index contributed by atoms with van der Waals surface area (Å²) in [6, 6.07) is 0. The third kappa shape index (κ3) is 9.46. The second-order valence-electron chi connectivity index (χ2n) is 13.9. The molecule has 0 aromatic carbocycles. The maximum absolute atomic E-state index is 12.6. The summed E-state index contributed by atoms with van der Waals surface area (Å²) < 4.78 is 13.5. The summed E-state index contributed by atoms with van der Waals surface area (Å²) in [7, 11) is -4.03. The van der Waals surface area contributed by atoms with Crippen LogP contribution in [-0.4, -0.2) is 34.6 Å². The predicted octanol–water partition coefficient (Wildman–Crippen LogP) is 8.69. The highest BCUT2D eigenvalue weighted by molar-refractivity contribution is 6.74. The average Bonchev–Trinajstić information content (AvgIpc) is 2.90. The van der Waals surface area contributed by atoms with E-state index in [1.807, 2.05) is 0 Å². The molecule has 0 heterocycles. The van der Waals surface area contributed by atoms with Crippen molar-refractivity contribution in [1.82, 2.24) is 0 Å². The average molecular weight is 519 g/mol. The Bertz CT molecular complexity index is 840. The lowest BCUT2D eigenvalue weighted by Crippen LogP contribution is -2.45. The normalized spacial score (nSPS) is 21.4. The summed E-state index contributed by atoms with van der Waals surface area (Å²) in [6.45, 7) is 33.2. The Labute approximate surface area is 219 Å². The summed E-state index contributed by atoms with van der Waals surface area (Å²) in [5.74, 6) is 7.29. The fraction of sp³-hybridized carbons (Fsp3) is 0.767. The van der Waals surface area contributed by atoms with E-state index < -0.39 is 16.6 Å². The van der Waals surface area contributed by atoms with Crippen molar-refractivity contribution in [3.63, 3.8) is 0 Å². The topological polar surface area (TPSA) is 35.5 Å². The highest BCUT2D eigenvalue weighted by atomic mass is 28.4. The second-order valence-corrected chi connectivity index (χ2v) is 23.4. The Kier molecular flexibility index (Phi) is 11.1. The van der Waals surface area contributed by atoms with Crippen LogP contribution in [-0.2, 0) is 13.6 Å². The first-order valence-electron chi connectivity index (χ1n) is 13.4. The molecule has 1 fully saturated rings. The van der Waals surface area contributed by atoms with Gasteiger partial charge in [-0.1, -0.05) is 78.5 Å². The highest BCUT2D eigenvalue weighted by Crippen LogP contribution is 2.41. The van der Waals surface area contributed by atoms with Gasteiger partial charge in [0.15, 0.2) is 22.4 Å². The van der Waals surface area contributed by atoms with Gasteiger partial charge in [-0.25, -0.2) is 0 Å². The molecule has 4 atom stereocenters. The van der Waals surface area contributed by atoms with Gasteiger partial charge in [-0.15, -0.1) is 0 Å². The zero-order chi connectivity index (χ0) is 27.4. The van der Waals surface area contributed by atoms with Crippen LogP contribution in [0.25, 0.3) is 0 Å². The molecule has 35 heavy (non-hydrogen) atoms. The van der Waals surface area contributed by atoms with Crippen LogP contribution in [0, 0.1) is 23.7 Å². The lowest BCUT2D eigenvalue weighted by Gasteiger charge is -2.39. The minimum absolute atomic E-state index is 0.0760. The summed E-state index contributed by atoms with van der Waals surface area (Å²) >= 11 is 0. The van der Waals surface area contributed by atoms with Gasteiger partial charge in [0.05, 0.1) is 12.0 Å². The van der Waals surface area contributed by atoms with Crippen molar-refractivity contribution in [1.29, 1.82) is 0 Å². The van der Waals surface area contributed by atoms with Crippen LogP contribution in [0.2, 0.25) is 36.3 Å². The molecule has 0 N–H and O–H groups in total. The Morgan fingerprint density at radius 1 is 1.09 bits per heavy atom. The van der Waals surface area contributed by atoms with E-state index in [1.54, 1.807) is 0 Å². The molecule has 0 bridgehead atoms. The molecule has 1 aliphatic rings. The van der Waals surface area contributed by atoms with E-state index in [4.69, 9.17) is 8.85 Å². The number of hydrogen-bond donors (Lipinski definition) is 0. The summed E-state index contributed by atoms with van der Waals surface area (Å²) in [5.41, 5.74) is 1.96. The molecule has 1 aliphatic carbocycles.